The molecule has 3 N–H and O–H groups in total. The minimum absolute atomic E-state index is 0.191. The van der Waals surface area contributed by atoms with E-state index in [4.69, 9.17) is 23.2 Å². The van der Waals surface area contributed by atoms with E-state index in [2.05, 4.69) is 29.9 Å². The Balaban J connectivity index is 1.70. The third-order valence-corrected chi connectivity index (χ3v) is 5.63. The standard InChI is InChI=1S/C18H17Cl2N5O3/c1-9-13(19)14(20)15(21-9)17(26)22-11-5-4-10(16-23-18(27)28-24-16)8-12(11)25-6-2-3-7-25/h4-5,8,21H,2-3,6-7H2,1H3,(H,22,26)(H,23,24,27). The lowest BCUT2D eigenvalue weighted by molar-refractivity contribution is 0.102. The lowest BCUT2D eigenvalue weighted by Crippen LogP contribution is -2.21. The molecule has 1 aliphatic rings. The van der Waals surface area contributed by atoms with Gasteiger partial charge in [0.25, 0.3) is 5.91 Å². The minimum Gasteiger partial charge on any atom is -0.370 e. The predicted molar refractivity (Wildman–Crippen MR) is 108 cm³/mol. The molecule has 28 heavy (non-hydrogen) atoms. The smallest absolute Gasteiger partial charge is 0.370 e. The molecule has 1 aliphatic heterocycles. The number of H-pyrrole nitrogens is 2. The van der Waals surface area contributed by atoms with Crippen LogP contribution in [0.5, 0.6) is 0 Å². The summed E-state index contributed by atoms with van der Waals surface area (Å²) in [6, 6.07) is 5.37. The van der Waals surface area contributed by atoms with E-state index in [1.54, 1.807) is 19.1 Å². The number of benzene rings is 1. The largest absolute Gasteiger partial charge is 0.439 e. The Morgan fingerprint density at radius 2 is 1.96 bits per heavy atom. The maximum atomic E-state index is 12.7. The second kappa shape index (κ2) is 7.37. The number of anilines is 2. The van der Waals surface area contributed by atoms with Crippen molar-refractivity contribution in [2.45, 2.75) is 19.8 Å². The number of hydrogen-bond donors (Lipinski definition) is 3. The van der Waals surface area contributed by atoms with Gasteiger partial charge in [-0.2, -0.15) is 0 Å². The van der Waals surface area contributed by atoms with Crippen LogP contribution in [-0.2, 0) is 0 Å². The molecule has 2 aromatic heterocycles. The quantitative estimate of drug-likeness (QED) is 0.593. The molecule has 0 spiro atoms. The van der Waals surface area contributed by atoms with Gasteiger partial charge in [0.1, 0.15) is 5.69 Å². The number of nitrogens with one attached hydrogen (secondary N) is 3. The highest BCUT2D eigenvalue weighted by Crippen LogP contribution is 2.34. The first-order valence-corrected chi connectivity index (χ1v) is 9.50. The van der Waals surface area contributed by atoms with Crippen molar-refractivity contribution in [1.82, 2.24) is 15.1 Å². The normalized spacial score (nSPS) is 13.9. The van der Waals surface area contributed by atoms with Crippen molar-refractivity contribution in [2.75, 3.05) is 23.3 Å². The molecule has 146 valence electrons. The van der Waals surface area contributed by atoms with E-state index in [1.165, 1.54) is 0 Å². The van der Waals surface area contributed by atoms with Crippen LogP contribution in [0.3, 0.4) is 0 Å². The van der Waals surface area contributed by atoms with Crippen molar-refractivity contribution in [3.8, 4) is 11.4 Å². The van der Waals surface area contributed by atoms with E-state index in [0.29, 0.717) is 27.8 Å². The van der Waals surface area contributed by atoms with E-state index < -0.39 is 5.76 Å². The van der Waals surface area contributed by atoms with Crippen LogP contribution in [0, 0.1) is 6.92 Å². The summed E-state index contributed by atoms with van der Waals surface area (Å²) in [4.78, 5) is 31.6. The summed E-state index contributed by atoms with van der Waals surface area (Å²) in [7, 11) is 0. The van der Waals surface area contributed by atoms with E-state index in [0.717, 1.165) is 31.6 Å². The highest BCUT2D eigenvalue weighted by Gasteiger charge is 2.22. The van der Waals surface area contributed by atoms with Gasteiger partial charge in [0, 0.05) is 24.3 Å². The fourth-order valence-electron chi connectivity index (χ4n) is 3.27. The molecule has 0 atom stereocenters. The number of amides is 1. The van der Waals surface area contributed by atoms with E-state index >= 15 is 0 Å². The van der Waals surface area contributed by atoms with Crippen LogP contribution in [0.25, 0.3) is 11.4 Å². The number of aromatic amines is 2. The van der Waals surface area contributed by atoms with E-state index in [9.17, 15) is 9.59 Å². The molecule has 4 rings (SSSR count). The Morgan fingerprint density at radius 1 is 1.21 bits per heavy atom. The number of rotatable bonds is 4. The van der Waals surface area contributed by atoms with Crippen LogP contribution in [0.1, 0.15) is 29.0 Å². The zero-order chi connectivity index (χ0) is 19.8. The first kappa shape index (κ1) is 18.6. The van der Waals surface area contributed by atoms with Gasteiger partial charge < -0.3 is 15.2 Å². The number of carbonyl (C=O) groups excluding carboxylic acids is 1. The van der Waals surface area contributed by atoms with Crippen LogP contribution < -0.4 is 16.0 Å². The Bertz CT molecular complexity index is 1100. The molecular weight excluding hydrogens is 405 g/mol. The van der Waals surface area contributed by atoms with Crippen LogP contribution in [0.4, 0.5) is 11.4 Å². The zero-order valence-electron chi connectivity index (χ0n) is 14.9. The first-order valence-electron chi connectivity index (χ1n) is 8.74. The lowest BCUT2D eigenvalue weighted by atomic mass is 10.1. The van der Waals surface area contributed by atoms with Crippen molar-refractivity contribution in [1.29, 1.82) is 0 Å². The number of carbonyl (C=O) groups is 1. The third kappa shape index (κ3) is 3.41. The number of halogens is 2. The fraction of sp³-hybridized carbons (Fsp3) is 0.278. The SMILES string of the molecule is Cc1[nH]c(C(=O)Nc2ccc(-c3noc(=O)[nH]3)cc2N2CCCC2)c(Cl)c1Cl. The third-order valence-electron chi connectivity index (χ3n) is 4.69. The Kier molecular flexibility index (Phi) is 4.91. The molecule has 0 bridgehead atoms. The summed E-state index contributed by atoms with van der Waals surface area (Å²) in [5.41, 5.74) is 2.98. The highest BCUT2D eigenvalue weighted by atomic mass is 35.5. The second-order valence-electron chi connectivity index (χ2n) is 6.58. The predicted octanol–water partition coefficient (Wildman–Crippen LogP) is 3.83. The van der Waals surface area contributed by atoms with Gasteiger partial charge in [-0.05, 0) is 38.0 Å². The van der Waals surface area contributed by atoms with Crippen molar-refractivity contribution in [3.05, 3.63) is 50.2 Å². The molecule has 1 fully saturated rings. The monoisotopic (exact) mass is 421 g/mol. The molecule has 0 radical (unpaired) electrons. The molecule has 1 saturated heterocycles. The van der Waals surface area contributed by atoms with Gasteiger partial charge in [-0.15, -0.1) is 0 Å². The summed E-state index contributed by atoms with van der Waals surface area (Å²) in [5, 5.41) is 7.15. The number of aromatic nitrogens is 3. The molecule has 3 aromatic rings. The first-order chi connectivity index (χ1) is 13.4. The van der Waals surface area contributed by atoms with Crippen LogP contribution in [0.15, 0.2) is 27.5 Å². The van der Waals surface area contributed by atoms with E-state index in [1.807, 2.05) is 6.07 Å². The van der Waals surface area contributed by atoms with Gasteiger partial charge in [0.2, 0.25) is 0 Å². The van der Waals surface area contributed by atoms with Gasteiger partial charge >= 0.3 is 5.76 Å². The molecule has 10 heteroatoms. The van der Waals surface area contributed by atoms with Gasteiger partial charge in [-0.25, -0.2) is 4.79 Å². The van der Waals surface area contributed by atoms with Gasteiger partial charge in [-0.3, -0.25) is 14.3 Å². The molecule has 3 heterocycles. The minimum atomic E-state index is -0.622. The van der Waals surface area contributed by atoms with Crippen LogP contribution in [-0.4, -0.2) is 34.1 Å². The topological polar surface area (TPSA) is 107 Å². The molecule has 0 aliphatic carbocycles. The highest BCUT2D eigenvalue weighted by molar-refractivity contribution is 6.44. The molecule has 1 amide bonds. The summed E-state index contributed by atoms with van der Waals surface area (Å²) in [6.45, 7) is 3.49. The fourth-order valence-corrected chi connectivity index (χ4v) is 3.69. The Labute approximate surface area is 169 Å². The number of aryl methyl sites for hydroxylation is 1. The van der Waals surface area contributed by atoms with E-state index in [-0.39, 0.29) is 16.6 Å². The maximum Gasteiger partial charge on any atom is 0.439 e. The van der Waals surface area contributed by atoms with Gasteiger partial charge in [-0.1, -0.05) is 28.4 Å². The van der Waals surface area contributed by atoms with Crippen molar-refractivity contribution >= 4 is 40.5 Å². The maximum absolute atomic E-state index is 12.7. The molecular formula is C18H17Cl2N5O3. The average Bonchev–Trinajstić information content (AvgIpc) is 3.41. The number of nitrogens with zero attached hydrogens (tertiary/aromatic N) is 2. The Hall–Kier alpha value is -2.71. The average molecular weight is 422 g/mol. The summed E-state index contributed by atoms with van der Waals surface area (Å²) < 4.78 is 4.59. The van der Waals surface area contributed by atoms with Crippen molar-refractivity contribution < 1.29 is 9.32 Å². The van der Waals surface area contributed by atoms with Gasteiger partial charge in [0.15, 0.2) is 5.82 Å². The number of hydrogen-bond acceptors (Lipinski definition) is 5. The summed E-state index contributed by atoms with van der Waals surface area (Å²) in [6.07, 6.45) is 2.13. The molecule has 0 unspecified atom stereocenters. The molecule has 1 aromatic carbocycles. The molecule has 0 saturated carbocycles. The van der Waals surface area contributed by atoms with Crippen LogP contribution in [0.2, 0.25) is 10.0 Å². The Morgan fingerprint density at radius 3 is 2.57 bits per heavy atom. The van der Waals surface area contributed by atoms with Gasteiger partial charge in [0.05, 0.1) is 21.4 Å². The lowest BCUT2D eigenvalue weighted by Gasteiger charge is -2.22. The van der Waals surface area contributed by atoms with Crippen LogP contribution >= 0.6 is 23.2 Å². The summed E-state index contributed by atoms with van der Waals surface area (Å²) >= 11 is 12.2. The van der Waals surface area contributed by atoms with Crippen molar-refractivity contribution in [2.24, 2.45) is 0 Å². The molecule has 8 nitrogen and oxygen atoms in total. The van der Waals surface area contributed by atoms with Crippen molar-refractivity contribution in [3.63, 3.8) is 0 Å². The second-order valence-corrected chi connectivity index (χ2v) is 7.33. The summed E-state index contributed by atoms with van der Waals surface area (Å²) in [5.74, 6) is -0.676. The zero-order valence-corrected chi connectivity index (χ0v) is 16.4.